The predicted octanol–water partition coefficient (Wildman–Crippen LogP) is 4.57. The van der Waals surface area contributed by atoms with E-state index in [4.69, 9.17) is 4.74 Å². The number of anilines is 1. The Labute approximate surface area is 206 Å². The van der Waals surface area contributed by atoms with Gasteiger partial charge in [0.2, 0.25) is 0 Å². The van der Waals surface area contributed by atoms with E-state index in [9.17, 15) is 29.6 Å². The van der Waals surface area contributed by atoms with E-state index in [1.165, 1.54) is 54.5 Å². The monoisotopic (exact) mass is 486 g/mol. The zero-order chi connectivity index (χ0) is 26.0. The number of esters is 1. The van der Waals surface area contributed by atoms with Gasteiger partial charge >= 0.3 is 5.97 Å². The first-order valence-electron chi connectivity index (χ1n) is 11.1. The third-order valence-corrected chi connectivity index (χ3v) is 6.05. The summed E-state index contributed by atoms with van der Waals surface area (Å²) < 4.78 is 4.71. The summed E-state index contributed by atoms with van der Waals surface area (Å²) in [5.74, 6) is -2.88. The number of non-ortho nitro benzene ring substituents is 1. The van der Waals surface area contributed by atoms with Crippen LogP contribution in [0, 0.1) is 10.1 Å². The largest absolute Gasteiger partial charge is 0.507 e. The molecule has 3 aromatic rings. The van der Waals surface area contributed by atoms with E-state index in [0.717, 1.165) is 18.1 Å². The Bertz CT molecular complexity index is 1390. The minimum Gasteiger partial charge on any atom is -0.507 e. The summed E-state index contributed by atoms with van der Waals surface area (Å²) in [6.07, 6.45) is 0.781. The van der Waals surface area contributed by atoms with Crippen LogP contribution in [0.3, 0.4) is 0 Å². The van der Waals surface area contributed by atoms with Crippen LogP contribution in [0.15, 0.2) is 78.4 Å². The Morgan fingerprint density at radius 2 is 1.69 bits per heavy atom. The second kappa shape index (κ2) is 9.83. The van der Waals surface area contributed by atoms with Gasteiger partial charge in [-0.3, -0.25) is 24.6 Å². The fraction of sp³-hybridized carbons (Fsp3) is 0.148. The summed E-state index contributed by atoms with van der Waals surface area (Å²) >= 11 is 0. The highest BCUT2D eigenvalue weighted by Gasteiger charge is 2.47. The number of Topliss-reactive ketones (excluding diaryl/α,β-unsaturated/α-hetero) is 1. The highest BCUT2D eigenvalue weighted by atomic mass is 16.6. The topological polar surface area (TPSA) is 127 Å². The highest BCUT2D eigenvalue weighted by molar-refractivity contribution is 6.51. The fourth-order valence-electron chi connectivity index (χ4n) is 4.15. The first-order valence-corrected chi connectivity index (χ1v) is 11.1. The van der Waals surface area contributed by atoms with Gasteiger partial charge in [0.1, 0.15) is 5.76 Å². The molecule has 0 bridgehead atoms. The number of carbonyl (C=O) groups excluding carboxylic acids is 3. The molecule has 0 spiro atoms. The van der Waals surface area contributed by atoms with Gasteiger partial charge in [0.15, 0.2) is 0 Å². The third-order valence-electron chi connectivity index (χ3n) is 6.05. The Balaban J connectivity index is 1.90. The minimum atomic E-state index is -1.00. The molecule has 9 nitrogen and oxygen atoms in total. The first-order chi connectivity index (χ1) is 17.3. The lowest BCUT2D eigenvalue weighted by Gasteiger charge is -2.25. The second-order valence-electron chi connectivity index (χ2n) is 8.11. The van der Waals surface area contributed by atoms with Crippen LogP contribution in [-0.4, -0.2) is 34.8 Å². The number of methoxy groups -OCH3 is 1. The van der Waals surface area contributed by atoms with E-state index >= 15 is 0 Å². The summed E-state index contributed by atoms with van der Waals surface area (Å²) in [7, 11) is 1.25. The SMILES string of the molecule is CCc1ccc(C2/C(=C(/O)c3cccc([N+](=O)[O-])c3)C(=O)C(=O)N2c2ccc(C(=O)OC)cc2)cc1. The van der Waals surface area contributed by atoms with Crippen molar-refractivity contribution < 1.29 is 29.2 Å². The van der Waals surface area contributed by atoms with E-state index in [2.05, 4.69) is 0 Å². The molecule has 0 aliphatic carbocycles. The van der Waals surface area contributed by atoms with E-state index < -0.39 is 34.4 Å². The molecule has 182 valence electrons. The number of nitro groups is 1. The van der Waals surface area contributed by atoms with Gasteiger partial charge in [0.05, 0.1) is 29.2 Å². The van der Waals surface area contributed by atoms with Gasteiger partial charge in [0.25, 0.3) is 17.4 Å². The average molecular weight is 486 g/mol. The van der Waals surface area contributed by atoms with Crippen molar-refractivity contribution >= 4 is 34.8 Å². The molecular weight excluding hydrogens is 464 g/mol. The molecule has 1 saturated heterocycles. The van der Waals surface area contributed by atoms with Crippen molar-refractivity contribution in [1.29, 1.82) is 0 Å². The molecule has 1 N–H and O–H groups in total. The summed E-state index contributed by atoms with van der Waals surface area (Å²) in [5, 5.41) is 22.4. The van der Waals surface area contributed by atoms with Crippen molar-refractivity contribution in [1.82, 2.24) is 0 Å². The van der Waals surface area contributed by atoms with Gasteiger partial charge in [-0.1, -0.05) is 43.3 Å². The van der Waals surface area contributed by atoms with Crippen LogP contribution in [0.25, 0.3) is 5.76 Å². The molecule has 1 aliphatic rings. The summed E-state index contributed by atoms with van der Waals surface area (Å²) in [4.78, 5) is 50.2. The number of benzene rings is 3. The number of aliphatic hydroxyl groups is 1. The van der Waals surface area contributed by atoms with Crippen molar-refractivity contribution in [3.8, 4) is 0 Å². The quantitative estimate of drug-likeness (QED) is 0.135. The number of hydrogen-bond donors (Lipinski definition) is 1. The number of carbonyl (C=O) groups is 3. The van der Waals surface area contributed by atoms with E-state index in [1.807, 2.05) is 19.1 Å². The Hall–Kier alpha value is -4.79. The molecule has 9 heteroatoms. The van der Waals surface area contributed by atoms with Gasteiger partial charge in [-0.2, -0.15) is 0 Å². The second-order valence-corrected chi connectivity index (χ2v) is 8.11. The standard InChI is InChI=1S/C27H22N2O7/c1-3-16-7-9-17(10-8-16)23-22(24(30)19-5-4-6-21(15-19)29(34)35)25(31)26(32)28(23)20-13-11-18(12-14-20)27(33)36-2/h4-15,23,30H,3H2,1-2H3/b24-22-. The van der Waals surface area contributed by atoms with Gasteiger partial charge in [-0.15, -0.1) is 0 Å². The van der Waals surface area contributed by atoms with E-state index in [0.29, 0.717) is 11.3 Å². The number of aryl methyl sites for hydroxylation is 1. The lowest BCUT2D eigenvalue weighted by molar-refractivity contribution is -0.384. The molecule has 1 amide bonds. The molecule has 1 aliphatic heterocycles. The number of nitrogens with zero attached hydrogens (tertiary/aromatic N) is 2. The number of aliphatic hydroxyl groups excluding tert-OH is 1. The molecule has 1 fully saturated rings. The van der Waals surface area contributed by atoms with Crippen LogP contribution in [0.5, 0.6) is 0 Å². The fourth-order valence-corrected chi connectivity index (χ4v) is 4.15. The van der Waals surface area contributed by atoms with E-state index in [1.54, 1.807) is 12.1 Å². The number of ether oxygens (including phenoxy) is 1. The van der Waals surface area contributed by atoms with E-state index in [-0.39, 0.29) is 22.4 Å². The zero-order valence-corrected chi connectivity index (χ0v) is 19.5. The van der Waals surface area contributed by atoms with Crippen molar-refractivity contribution in [2.24, 2.45) is 0 Å². The molecule has 36 heavy (non-hydrogen) atoms. The summed E-state index contributed by atoms with van der Waals surface area (Å²) in [6, 6.07) is 17.5. The first kappa shape index (κ1) is 24.3. The van der Waals surface area contributed by atoms with Crippen LogP contribution in [0.1, 0.15) is 40.0 Å². The Morgan fingerprint density at radius 1 is 1.03 bits per heavy atom. The number of ketones is 1. The third kappa shape index (κ3) is 4.34. The van der Waals surface area contributed by atoms with Crippen molar-refractivity contribution in [3.05, 3.63) is 111 Å². The van der Waals surface area contributed by atoms with Crippen molar-refractivity contribution in [2.75, 3.05) is 12.0 Å². The Kier molecular flexibility index (Phi) is 6.64. The maximum atomic E-state index is 13.2. The molecule has 0 aromatic heterocycles. The van der Waals surface area contributed by atoms with Crippen LogP contribution in [0.2, 0.25) is 0 Å². The minimum absolute atomic E-state index is 0.0402. The summed E-state index contributed by atoms with van der Waals surface area (Å²) in [6.45, 7) is 1.99. The van der Waals surface area contributed by atoms with Gasteiger partial charge in [0, 0.05) is 23.4 Å². The molecule has 0 radical (unpaired) electrons. The number of hydrogen-bond acceptors (Lipinski definition) is 7. The smallest absolute Gasteiger partial charge is 0.337 e. The molecule has 1 heterocycles. The Morgan fingerprint density at radius 3 is 2.28 bits per heavy atom. The number of nitro benzene ring substituents is 1. The number of rotatable bonds is 6. The number of amides is 1. The van der Waals surface area contributed by atoms with Crippen LogP contribution >= 0.6 is 0 Å². The molecule has 4 rings (SSSR count). The van der Waals surface area contributed by atoms with Crippen LogP contribution < -0.4 is 4.90 Å². The van der Waals surface area contributed by atoms with Crippen molar-refractivity contribution in [2.45, 2.75) is 19.4 Å². The van der Waals surface area contributed by atoms with Crippen LogP contribution in [-0.2, 0) is 20.7 Å². The normalized spacial score (nSPS) is 16.7. The van der Waals surface area contributed by atoms with Crippen LogP contribution in [0.4, 0.5) is 11.4 Å². The molecule has 3 aromatic carbocycles. The maximum Gasteiger partial charge on any atom is 0.337 e. The molecule has 1 atom stereocenters. The lowest BCUT2D eigenvalue weighted by Crippen LogP contribution is -2.29. The predicted molar refractivity (Wildman–Crippen MR) is 131 cm³/mol. The van der Waals surface area contributed by atoms with Gasteiger partial charge in [-0.25, -0.2) is 4.79 Å². The summed E-state index contributed by atoms with van der Waals surface area (Å²) in [5.41, 5.74) is 1.77. The zero-order valence-electron chi connectivity index (χ0n) is 19.5. The van der Waals surface area contributed by atoms with Gasteiger partial charge in [-0.05, 0) is 41.8 Å². The maximum absolute atomic E-state index is 13.2. The highest BCUT2D eigenvalue weighted by Crippen LogP contribution is 2.42. The average Bonchev–Trinajstić information content (AvgIpc) is 3.18. The van der Waals surface area contributed by atoms with Gasteiger partial charge < -0.3 is 9.84 Å². The molecular formula is C27H22N2O7. The van der Waals surface area contributed by atoms with Crippen molar-refractivity contribution in [3.63, 3.8) is 0 Å². The molecule has 0 saturated carbocycles. The lowest BCUT2D eigenvalue weighted by atomic mass is 9.94. The molecule has 1 unspecified atom stereocenters.